The van der Waals surface area contributed by atoms with Crippen LogP contribution < -0.4 is 0 Å². The lowest BCUT2D eigenvalue weighted by molar-refractivity contribution is -0.176. The highest BCUT2D eigenvalue weighted by molar-refractivity contribution is 7.13. The minimum absolute atomic E-state index is 0.224. The second kappa shape index (κ2) is 4.52. The fraction of sp³-hybridized carbons (Fsp3) is 0.429. The van der Waals surface area contributed by atoms with Crippen LogP contribution in [0.5, 0.6) is 0 Å². The molecule has 0 fully saturated rings. The molecule has 1 rings (SSSR count). The number of aromatic nitrogens is 1. The Morgan fingerprint density at radius 2 is 2.29 bits per heavy atom. The lowest BCUT2D eigenvalue weighted by Gasteiger charge is -2.05. The molecule has 0 amide bonds. The molecule has 0 aromatic carbocycles. The van der Waals surface area contributed by atoms with E-state index in [0.717, 1.165) is 11.3 Å². The first-order valence-electron chi connectivity index (χ1n) is 3.55. The molecule has 1 aromatic heterocycles. The average molecular weight is 225 g/mol. The molecule has 0 saturated carbocycles. The Labute approximate surface area is 81.5 Å². The molecule has 0 radical (unpaired) electrons. The van der Waals surface area contributed by atoms with Gasteiger partial charge in [0.2, 0.25) is 0 Å². The summed E-state index contributed by atoms with van der Waals surface area (Å²) in [7, 11) is 0. The van der Waals surface area contributed by atoms with E-state index in [2.05, 4.69) is 9.72 Å². The zero-order valence-electron chi connectivity index (χ0n) is 6.87. The largest absolute Gasteiger partial charge is 0.411 e. The Balaban J connectivity index is 2.35. The first-order chi connectivity index (χ1) is 6.51. The molecule has 0 saturated heterocycles. The van der Waals surface area contributed by atoms with Crippen molar-refractivity contribution in [3.63, 3.8) is 0 Å². The number of aldehydes is 1. The molecule has 1 heterocycles. The Bertz CT molecular complexity index is 310. The van der Waals surface area contributed by atoms with Gasteiger partial charge in [0.25, 0.3) is 0 Å². The van der Waals surface area contributed by atoms with Crippen LogP contribution in [0, 0.1) is 0 Å². The SMILES string of the molecule is O=Cc1cnc(COCC(F)(F)F)s1. The summed E-state index contributed by atoms with van der Waals surface area (Å²) < 4.78 is 39.2. The van der Waals surface area contributed by atoms with Gasteiger partial charge in [0.15, 0.2) is 6.29 Å². The van der Waals surface area contributed by atoms with Gasteiger partial charge in [0, 0.05) is 6.20 Å². The van der Waals surface area contributed by atoms with E-state index < -0.39 is 12.8 Å². The second-order valence-electron chi connectivity index (χ2n) is 2.38. The fourth-order valence-corrected chi connectivity index (χ4v) is 1.37. The van der Waals surface area contributed by atoms with Crippen LogP contribution in [0.4, 0.5) is 13.2 Å². The number of halogens is 3. The third-order valence-electron chi connectivity index (χ3n) is 1.18. The molecule has 0 bridgehead atoms. The molecule has 0 atom stereocenters. The molecule has 0 N–H and O–H groups in total. The van der Waals surface area contributed by atoms with Gasteiger partial charge in [0.1, 0.15) is 11.6 Å². The zero-order chi connectivity index (χ0) is 10.6. The first kappa shape index (κ1) is 11.1. The summed E-state index contributed by atoms with van der Waals surface area (Å²) >= 11 is 1.01. The number of carbonyl (C=O) groups is 1. The Hall–Kier alpha value is -0.950. The highest BCUT2D eigenvalue weighted by Gasteiger charge is 2.27. The minimum Gasteiger partial charge on any atom is -0.365 e. The maximum absolute atomic E-state index is 11.6. The number of carbonyl (C=O) groups excluding carboxylic acids is 1. The summed E-state index contributed by atoms with van der Waals surface area (Å²) in [6, 6.07) is 0. The van der Waals surface area contributed by atoms with Gasteiger partial charge >= 0.3 is 6.18 Å². The number of alkyl halides is 3. The van der Waals surface area contributed by atoms with Crippen LogP contribution in [-0.4, -0.2) is 24.1 Å². The van der Waals surface area contributed by atoms with E-state index in [-0.39, 0.29) is 6.61 Å². The van der Waals surface area contributed by atoms with Crippen molar-refractivity contribution in [2.75, 3.05) is 6.61 Å². The molecular formula is C7H6F3NO2S. The van der Waals surface area contributed by atoms with Gasteiger partial charge in [-0.25, -0.2) is 4.98 Å². The van der Waals surface area contributed by atoms with Crippen molar-refractivity contribution in [3.05, 3.63) is 16.1 Å². The number of hydrogen-bond donors (Lipinski definition) is 0. The van der Waals surface area contributed by atoms with Gasteiger partial charge < -0.3 is 4.74 Å². The Morgan fingerprint density at radius 1 is 1.57 bits per heavy atom. The molecule has 0 spiro atoms. The van der Waals surface area contributed by atoms with Gasteiger partial charge in [-0.3, -0.25) is 4.79 Å². The maximum Gasteiger partial charge on any atom is 0.411 e. The van der Waals surface area contributed by atoms with E-state index in [1.165, 1.54) is 6.20 Å². The number of rotatable bonds is 4. The van der Waals surface area contributed by atoms with Gasteiger partial charge in [-0.15, -0.1) is 11.3 Å². The van der Waals surface area contributed by atoms with E-state index in [4.69, 9.17) is 0 Å². The molecular weight excluding hydrogens is 219 g/mol. The molecule has 7 heteroatoms. The molecule has 0 aliphatic heterocycles. The van der Waals surface area contributed by atoms with E-state index >= 15 is 0 Å². The standard InChI is InChI=1S/C7H6F3NO2S/c8-7(9,10)4-13-3-6-11-1-5(2-12)14-6/h1-2H,3-4H2. The van der Waals surface area contributed by atoms with E-state index in [1.807, 2.05) is 0 Å². The third-order valence-corrected chi connectivity index (χ3v) is 2.08. The molecule has 1 aromatic rings. The maximum atomic E-state index is 11.6. The summed E-state index contributed by atoms with van der Waals surface area (Å²) in [4.78, 5) is 14.3. The minimum atomic E-state index is -4.33. The van der Waals surface area contributed by atoms with E-state index in [0.29, 0.717) is 16.2 Å². The van der Waals surface area contributed by atoms with Crippen molar-refractivity contribution in [2.24, 2.45) is 0 Å². The molecule has 14 heavy (non-hydrogen) atoms. The quantitative estimate of drug-likeness (QED) is 0.736. The van der Waals surface area contributed by atoms with Crippen molar-refractivity contribution in [3.8, 4) is 0 Å². The molecule has 3 nitrogen and oxygen atoms in total. The molecule has 78 valence electrons. The highest BCUT2D eigenvalue weighted by Crippen LogP contribution is 2.17. The molecule has 0 aliphatic carbocycles. The first-order valence-corrected chi connectivity index (χ1v) is 4.37. The van der Waals surface area contributed by atoms with Gasteiger partial charge in [0.05, 0.1) is 11.5 Å². The summed E-state index contributed by atoms with van der Waals surface area (Å²) in [6.07, 6.45) is -2.44. The predicted octanol–water partition coefficient (Wildman–Crippen LogP) is 2.03. The molecule has 0 unspecified atom stereocenters. The van der Waals surface area contributed by atoms with Gasteiger partial charge in [-0.05, 0) is 0 Å². The van der Waals surface area contributed by atoms with Crippen LogP contribution in [0.15, 0.2) is 6.20 Å². The topological polar surface area (TPSA) is 39.2 Å². The summed E-state index contributed by atoms with van der Waals surface area (Å²) in [5.74, 6) is 0. The highest BCUT2D eigenvalue weighted by atomic mass is 32.1. The average Bonchev–Trinajstić information content (AvgIpc) is 2.50. The zero-order valence-corrected chi connectivity index (χ0v) is 7.69. The van der Waals surface area contributed by atoms with Crippen LogP contribution >= 0.6 is 11.3 Å². The second-order valence-corrected chi connectivity index (χ2v) is 3.53. The van der Waals surface area contributed by atoms with Crippen LogP contribution in [0.3, 0.4) is 0 Å². The summed E-state index contributed by atoms with van der Waals surface area (Å²) in [5.41, 5.74) is 0. The number of thiazole rings is 1. The number of ether oxygens (including phenoxy) is 1. The number of nitrogens with zero attached hydrogens (tertiary/aromatic N) is 1. The molecule has 0 aliphatic rings. The van der Waals surface area contributed by atoms with Crippen molar-refractivity contribution in [1.82, 2.24) is 4.98 Å². The third kappa shape index (κ3) is 3.84. The monoisotopic (exact) mass is 225 g/mol. The van der Waals surface area contributed by atoms with Crippen LogP contribution in [0.2, 0.25) is 0 Å². The summed E-state index contributed by atoms with van der Waals surface area (Å²) in [6.45, 7) is -1.53. The smallest absolute Gasteiger partial charge is 0.365 e. The van der Waals surface area contributed by atoms with Gasteiger partial charge in [-0.1, -0.05) is 0 Å². The normalized spacial score (nSPS) is 11.6. The van der Waals surface area contributed by atoms with Crippen molar-refractivity contribution >= 4 is 17.6 Å². The van der Waals surface area contributed by atoms with E-state index in [1.54, 1.807) is 0 Å². The predicted molar refractivity (Wildman–Crippen MR) is 43.2 cm³/mol. The number of hydrogen-bond acceptors (Lipinski definition) is 4. The lowest BCUT2D eigenvalue weighted by atomic mass is 10.6. The fourth-order valence-electron chi connectivity index (χ4n) is 0.700. The van der Waals surface area contributed by atoms with Crippen molar-refractivity contribution in [2.45, 2.75) is 12.8 Å². The van der Waals surface area contributed by atoms with Crippen LogP contribution in [-0.2, 0) is 11.3 Å². The lowest BCUT2D eigenvalue weighted by Crippen LogP contribution is -2.16. The summed E-state index contributed by atoms with van der Waals surface area (Å²) in [5, 5.41) is 0.358. The van der Waals surface area contributed by atoms with E-state index in [9.17, 15) is 18.0 Å². The van der Waals surface area contributed by atoms with Crippen molar-refractivity contribution < 1.29 is 22.7 Å². The van der Waals surface area contributed by atoms with Gasteiger partial charge in [-0.2, -0.15) is 13.2 Å². The Kier molecular flexibility index (Phi) is 3.59. The van der Waals surface area contributed by atoms with Crippen molar-refractivity contribution in [1.29, 1.82) is 0 Å². The van der Waals surface area contributed by atoms with Crippen LogP contribution in [0.1, 0.15) is 14.7 Å². The Morgan fingerprint density at radius 3 is 2.79 bits per heavy atom. The van der Waals surface area contributed by atoms with Crippen LogP contribution in [0.25, 0.3) is 0 Å².